The molecule has 3 heteroatoms. The van der Waals surface area contributed by atoms with Crippen LogP contribution in [0.15, 0.2) is 158 Å². The topological polar surface area (TPSA) is 43.4 Å². The van der Waals surface area contributed by atoms with E-state index >= 15 is 0 Å². The van der Waals surface area contributed by atoms with Crippen LogP contribution < -0.4 is 0 Å². The van der Waals surface area contributed by atoms with Crippen LogP contribution in [-0.2, 0) is 4.74 Å². The quantitative estimate of drug-likeness (QED) is 0.0772. The predicted molar refractivity (Wildman–Crippen MR) is 233 cm³/mol. The molecule has 1 aliphatic heterocycles. The van der Waals surface area contributed by atoms with Gasteiger partial charge in [-0.3, -0.25) is 0 Å². The first-order valence-corrected chi connectivity index (χ1v) is 19.7. The van der Waals surface area contributed by atoms with Crippen molar-refractivity contribution in [2.75, 3.05) is 0 Å². The van der Waals surface area contributed by atoms with E-state index in [2.05, 4.69) is 133 Å². The summed E-state index contributed by atoms with van der Waals surface area (Å²) in [7, 11) is 0. The van der Waals surface area contributed by atoms with E-state index in [0.717, 1.165) is 26.9 Å². The lowest BCUT2D eigenvalue weighted by Gasteiger charge is -2.37. The van der Waals surface area contributed by atoms with Crippen molar-refractivity contribution in [1.29, 1.82) is 0 Å². The Labute approximate surface area is 325 Å². The van der Waals surface area contributed by atoms with Gasteiger partial charge in [-0.25, -0.2) is 9.59 Å². The molecule has 10 aromatic rings. The summed E-state index contributed by atoms with van der Waals surface area (Å²) in [4.78, 5) is 25.8. The molecule has 3 aliphatic carbocycles. The van der Waals surface area contributed by atoms with Crippen molar-refractivity contribution in [3.8, 4) is 0 Å². The molecule has 262 valence electrons. The molecule has 0 amide bonds. The van der Waals surface area contributed by atoms with Gasteiger partial charge < -0.3 is 4.74 Å². The zero-order valence-corrected chi connectivity index (χ0v) is 30.4. The highest BCUT2D eigenvalue weighted by atomic mass is 16.6. The van der Waals surface area contributed by atoms with Crippen molar-refractivity contribution in [2.45, 2.75) is 0 Å². The number of benzene rings is 10. The second kappa shape index (κ2) is 10.3. The predicted octanol–water partition coefficient (Wildman–Crippen LogP) is 13.2. The second-order valence-electron chi connectivity index (χ2n) is 16.0. The second-order valence-corrected chi connectivity index (χ2v) is 16.0. The number of fused-ring (bicyclic) bond motifs is 8. The lowest BCUT2D eigenvalue weighted by atomic mass is 9.66. The number of allylic oxidation sites excluding steroid dienone is 8. The van der Waals surface area contributed by atoms with Gasteiger partial charge in [0.05, 0.1) is 11.1 Å². The van der Waals surface area contributed by atoms with Crippen LogP contribution in [0.5, 0.6) is 0 Å². The van der Waals surface area contributed by atoms with Crippen LogP contribution in [0.2, 0.25) is 0 Å². The molecular formula is C54H28O3. The van der Waals surface area contributed by atoms with E-state index in [1.807, 2.05) is 24.3 Å². The van der Waals surface area contributed by atoms with Crippen molar-refractivity contribution >= 4 is 110 Å². The van der Waals surface area contributed by atoms with Gasteiger partial charge in [0.1, 0.15) is 0 Å². The van der Waals surface area contributed by atoms with Crippen LogP contribution in [0.1, 0.15) is 43.0 Å². The number of hydrogen-bond donors (Lipinski definition) is 0. The Bertz CT molecular complexity index is 3450. The average Bonchev–Trinajstić information content (AvgIpc) is 3.59. The molecule has 0 saturated carbocycles. The maximum atomic E-state index is 12.9. The van der Waals surface area contributed by atoms with Crippen LogP contribution in [0.3, 0.4) is 0 Å². The molecular weight excluding hydrogens is 697 g/mol. The lowest BCUT2D eigenvalue weighted by molar-refractivity contribution is 0.0391. The highest BCUT2D eigenvalue weighted by Crippen LogP contribution is 2.62. The van der Waals surface area contributed by atoms with Crippen molar-refractivity contribution in [2.24, 2.45) is 11.8 Å². The minimum atomic E-state index is -0.585. The highest BCUT2D eigenvalue weighted by molar-refractivity contribution is 6.46. The minimum Gasteiger partial charge on any atom is -0.386 e. The molecule has 2 atom stereocenters. The van der Waals surface area contributed by atoms with Gasteiger partial charge in [0, 0.05) is 17.2 Å². The van der Waals surface area contributed by atoms with Crippen molar-refractivity contribution < 1.29 is 14.3 Å². The van der Waals surface area contributed by atoms with Crippen molar-refractivity contribution in [1.82, 2.24) is 0 Å². The SMILES string of the molecule is O=C1OC(=O)c2ccc3c4ccc5c6ccc7c8c(ccc(c9ccc(c%10ccc1c2c%103)c4c95)c86)C1=C(c2ccccc2)C2C=CC=CC2C(c2ccccc2)=C17. The molecule has 4 aliphatic rings. The fraction of sp³-hybridized carbons (Fsp3) is 0.0370. The Morgan fingerprint density at radius 2 is 0.649 bits per heavy atom. The van der Waals surface area contributed by atoms with Gasteiger partial charge in [-0.15, -0.1) is 0 Å². The van der Waals surface area contributed by atoms with E-state index in [9.17, 15) is 9.59 Å². The molecule has 0 aromatic heterocycles. The number of rotatable bonds is 2. The molecule has 0 spiro atoms. The monoisotopic (exact) mass is 724 g/mol. The summed E-state index contributed by atoms with van der Waals surface area (Å²) in [6, 6.07) is 48.4. The van der Waals surface area contributed by atoms with Crippen LogP contribution in [0.25, 0.3) is 97.7 Å². The van der Waals surface area contributed by atoms with Gasteiger partial charge in [-0.05, 0) is 127 Å². The van der Waals surface area contributed by atoms with Crippen LogP contribution in [0.4, 0.5) is 0 Å². The largest absolute Gasteiger partial charge is 0.386 e. The molecule has 0 N–H and O–H groups in total. The third-order valence-corrected chi connectivity index (χ3v) is 13.6. The first-order chi connectivity index (χ1) is 28.2. The summed E-state index contributed by atoms with van der Waals surface area (Å²) in [6.07, 6.45) is 9.27. The summed E-state index contributed by atoms with van der Waals surface area (Å²) in [5.41, 5.74) is 11.6. The van der Waals surface area contributed by atoms with Gasteiger partial charge in [0.25, 0.3) is 0 Å². The van der Waals surface area contributed by atoms with E-state index < -0.39 is 11.9 Å². The van der Waals surface area contributed by atoms with E-state index in [0.29, 0.717) is 16.5 Å². The van der Waals surface area contributed by atoms with E-state index in [1.54, 1.807) is 0 Å². The maximum Gasteiger partial charge on any atom is 0.346 e. The van der Waals surface area contributed by atoms with E-state index in [4.69, 9.17) is 4.74 Å². The molecule has 0 fully saturated rings. The molecule has 3 nitrogen and oxygen atoms in total. The smallest absolute Gasteiger partial charge is 0.346 e. The fourth-order valence-corrected chi connectivity index (χ4v) is 11.5. The summed E-state index contributed by atoms with van der Waals surface area (Å²) >= 11 is 0. The normalized spacial score (nSPS) is 18.5. The number of hydrogen-bond acceptors (Lipinski definition) is 3. The number of ether oxygens (including phenoxy) is 1. The molecule has 0 saturated heterocycles. The Hall–Kier alpha value is -7.36. The zero-order valence-electron chi connectivity index (χ0n) is 30.4. The fourth-order valence-electron chi connectivity index (χ4n) is 11.5. The Balaban J connectivity index is 1.14. The third-order valence-electron chi connectivity index (χ3n) is 13.6. The van der Waals surface area contributed by atoms with E-state index in [-0.39, 0.29) is 11.8 Å². The number of carbonyl (C=O) groups excluding carboxylic acids is 2. The summed E-state index contributed by atoms with van der Waals surface area (Å²) in [5, 5.41) is 16.1. The van der Waals surface area contributed by atoms with Gasteiger partial charge in [0.2, 0.25) is 0 Å². The standard InChI is InChI=1S/C54H28O3/c55-53-41-25-21-37-33-17-15-31-35-19-23-39-49-40(52-44(28-11-5-2-6-12-28)30-14-8-7-13-29(30)43(51(39)52)27-9-3-1-4-10-27)24-20-36(47(35)49)32-16-18-34(46(33)45(31)32)38-22-26-42(54(56)57-53)50(41)48(37)38/h1-26,29-30H. The van der Waals surface area contributed by atoms with Gasteiger partial charge in [-0.1, -0.05) is 146 Å². The van der Waals surface area contributed by atoms with Crippen molar-refractivity contribution in [3.63, 3.8) is 0 Å². The number of carbonyl (C=O) groups is 2. The molecule has 57 heavy (non-hydrogen) atoms. The number of cyclic esters (lactones) is 2. The van der Waals surface area contributed by atoms with Crippen LogP contribution in [-0.4, -0.2) is 11.9 Å². The summed E-state index contributed by atoms with van der Waals surface area (Å²) in [6.45, 7) is 0. The maximum absolute atomic E-state index is 12.9. The molecule has 2 unspecified atom stereocenters. The molecule has 14 rings (SSSR count). The van der Waals surface area contributed by atoms with Gasteiger partial charge in [-0.2, -0.15) is 0 Å². The summed E-state index contributed by atoms with van der Waals surface area (Å²) < 4.78 is 5.12. The van der Waals surface area contributed by atoms with Crippen molar-refractivity contribution in [3.05, 3.63) is 191 Å². The minimum absolute atomic E-state index is 0.205. The Morgan fingerprint density at radius 1 is 0.333 bits per heavy atom. The number of esters is 2. The van der Waals surface area contributed by atoms with Crippen LogP contribution in [0, 0.1) is 11.8 Å². The summed E-state index contributed by atoms with van der Waals surface area (Å²) in [5.74, 6) is -0.760. The Morgan fingerprint density at radius 3 is 1.04 bits per heavy atom. The molecule has 0 radical (unpaired) electrons. The lowest BCUT2D eigenvalue weighted by Crippen LogP contribution is -2.22. The Kier molecular flexibility index (Phi) is 5.40. The third kappa shape index (κ3) is 3.51. The first-order valence-electron chi connectivity index (χ1n) is 19.7. The van der Waals surface area contributed by atoms with Crippen LogP contribution >= 0.6 is 0 Å². The highest BCUT2D eigenvalue weighted by Gasteiger charge is 2.42. The van der Waals surface area contributed by atoms with Gasteiger partial charge in [0.15, 0.2) is 0 Å². The average molecular weight is 725 g/mol. The van der Waals surface area contributed by atoms with E-state index in [1.165, 1.54) is 87.6 Å². The molecule has 1 heterocycles. The van der Waals surface area contributed by atoms with Gasteiger partial charge >= 0.3 is 11.9 Å². The molecule has 10 aromatic carbocycles. The zero-order chi connectivity index (χ0) is 37.3. The molecule has 0 bridgehead atoms. The first kappa shape index (κ1) is 29.9.